The largest absolute Gasteiger partial charge is 0.454 e. The van der Waals surface area contributed by atoms with Crippen LogP contribution in [-0.4, -0.2) is 6.54 Å². The quantitative estimate of drug-likeness (QED) is 0.870. The van der Waals surface area contributed by atoms with E-state index in [4.69, 9.17) is 10.2 Å². The maximum Gasteiger partial charge on any atom is 0.169 e. The first-order valence-corrected chi connectivity index (χ1v) is 4.90. The molecule has 1 aromatic heterocycles. The smallest absolute Gasteiger partial charge is 0.169 e. The first-order chi connectivity index (χ1) is 5.65. The van der Waals surface area contributed by atoms with Gasteiger partial charge in [0.2, 0.25) is 0 Å². The van der Waals surface area contributed by atoms with Crippen LogP contribution in [0.3, 0.4) is 0 Å². The minimum atomic E-state index is 0.418. The Morgan fingerprint density at radius 3 is 2.75 bits per heavy atom. The van der Waals surface area contributed by atoms with Gasteiger partial charge in [-0.15, -0.1) is 0 Å². The van der Waals surface area contributed by atoms with Crippen molar-refractivity contribution in [2.45, 2.75) is 26.2 Å². The van der Waals surface area contributed by atoms with Crippen LogP contribution in [-0.2, 0) is 0 Å². The Balaban J connectivity index is 2.79. The van der Waals surface area contributed by atoms with E-state index >= 15 is 0 Å². The molecule has 2 N–H and O–H groups in total. The lowest BCUT2D eigenvalue weighted by Gasteiger charge is -2.06. The van der Waals surface area contributed by atoms with Gasteiger partial charge in [0.15, 0.2) is 4.67 Å². The first kappa shape index (κ1) is 9.81. The lowest BCUT2D eigenvalue weighted by atomic mass is 10.0. The summed E-state index contributed by atoms with van der Waals surface area (Å²) in [6.45, 7) is 4.89. The Morgan fingerprint density at radius 1 is 1.67 bits per heavy atom. The van der Waals surface area contributed by atoms with E-state index in [2.05, 4.69) is 29.8 Å². The molecule has 0 bridgehead atoms. The van der Waals surface area contributed by atoms with Gasteiger partial charge >= 0.3 is 0 Å². The standard InChI is InChI=1S/C9H14BrNO/c1-6(3-4-11)9-7(2)5-8(10)12-9/h5-6H,3-4,11H2,1-2H3. The van der Waals surface area contributed by atoms with Crippen molar-refractivity contribution >= 4 is 15.9 Å². The Bertz CT molecular complexity index is 257. The van der Waals surface area contributed by atoms with Crippen LogP contribution in [0.5, 0.6) is 0 Å². The highest BCUT2D eigenvalue weighted by Crippen LogP contribution is 2.27. The molecule has 0 aromatic carbocycles. The maximum absolute atomic E-state index is 5.49. The molecule has 1 heterocycles. The van der Waals surface area contributed by atoms with Gasteiger partial charge in [0.25, 0.3) is 0 Å². The highest BCUT2D eigenvalue weighted by molar-refractivity contribution is 9.10. The molecule has 1 unspecified atom stereocenters. The zero-order valence-electron chi connectivity index (χ0n) is 7.43. The lowest BCUT2D eigenvalue weighted by molar-refractivity contribution is 0.445. The second kappa shape index (κ2) is 4.10. The maximum atomic E-state index is 5.49. The molecule has 0 fully saturated rings. The van der Waals surface area contributed by atoms with Gasteiger partial charge in [0.1, 0.15) is 5.76 Å². The van der Waals surface area contributed by atoms with E-state index in [1.807, 2.05) is 6.07 Å². The summed E-state index contributed by atoms with van der Waals surface area (Å²) in [4.78, 5) is 0. The van der Waals surface area contributed by atoms with Gasteiger partial charge in [0, 0.05) is 5.92 Å². The monoisotopic (exact) mass is 231 g/mol. The molecule has 1 atom stereocenters. The fraction of sp³-hybridized carbons (Fsp3) is 0.556. The van der Waals surface area contributed by atoms with Gasteiger partial charge in [-0.05, 0) is 47.4 Å². The lowest BCUT2D eigenvalue weighted by Crippen LogP contribution is -2.04. The van der Waals surface area contributed by atoms with E-state index in [0.717, 1.165) is 16.9 Å². The summed E-state index contributed by atoms with van der Waals surface area (Å²) in [7, 11) is 0. The van der Waals surface area contributed by atoms with E-state index in [1.54, 1.807) is 0 Å². The molecule has 0 radical (unpaired) electrons. The highest BCUT2D eigenvalue weighted by atomic mass is 79.9. The predicted molar refractivity (Wildman–Crippen MR) is 53.2 cm³/mol. The molecule has 2 nitrogen and oxygen atoms in total. The van der Waals surface area contributed by atoms with Crippen LogP contribution >= 0.6 is 15.9 Å². The zero-order valence-corrected chi connectivity index (χ0v) is 9.02. The summed E-state index contributed by atoms with van der Waals surface area (Å²) in [6, 6.07) is 1.99. The van der Waals surface area contributed by atoms with Crippen molar-refractivity contribution in [1.82, 2.24) is 0 Å². The van der Waals surface area contributed by atoms with Crippen LogP contribution in [0, 0.1) is 6.92 Å². The van der Waals surface area contributed by atoms with Gasteiger partial charge in [-0.2, -0.15) is 0 Å². The molecule has 0 aliphatic heterocycles. The summed E-state index contributed by atoms with van der Waals surface area (Å²) in [5.41, 5.74) is 6.67. The van der Waals surface area contributed by atoms with Crippen molar-refractivity contribution in [3.05, 3.63) is 22.1 Å². The Kier molecular flexibility index (Phi) is 3.35. The zero-order chi connectivity index (χ0) is 9.14. The Labute approximate surface area is 81.3 Å². The predicted octanol–water partition coefficient (Wildman–Crippen LogP) is 2.80. The van der Waals surface area contributed by atoms with Gasteiger partial charge in [-0.3, -0.25) is 0 Å². The average Bonchev–Trinajstić information content (AvgIpc) is 2.30. The molecule has 1 rings (SSSR count). The van der Waals surface area contributed by atoms with Gasteiger partial charge in [-0.1, -0.05) is 6.92 Å². The van der Waals surface area contributed by atoms with Crippen molar-refractivity contribution in [3.63, 3.8) is 0 Å². The molecule has 12 heavy (non-hydrogen) atoms. The fourth-order valence-corrected chi connectivity index (χ4v) is 1.84. The second-order valence-corrected chi connectivity index (χ2v) is 3.86. The molecule has 0 spiro atoms. The van der Waals surface area contributed by atoms with Crippen LogP contribution < -0.4 is 5.73 Å². The third kappa shape index (κ3) is 2.11. The number of furan rings is 1. The van der Waals surface area contributed by atoms with Crippen molar-refractivity contribution in [2.75, 3.05) is 6.54 Å². The number of hydrogen-bond acceptors (Lipinski definition) is 2. The second-order valence-electron chi connectivity index (χ2n) is 3.08. The molecular formula is C9H14BrNO. The number of aryl methyl sites for hydroxylation is 1. The molecule has 0 saturated heterocycles. The van der Waals surface area contributed by atoms with Crippen molar-refractivity contribution in [1.29, 1.82) is 0 Å². The van der Waals surface area contributed by atoms with Crippen LogP contribution in [0.1, 0.15) is 30.6 Å². The molecule has 0 aliphatic rings. The number of halogens is 1. The molecular weight excluding hydrogens is 218 g/mol. The van der Waals surface area contributed by atoms with Crippen LogP contribution in [0.4, 0.5) is 0 Å². The number of nitrogens with two attached hydrogens (primary N) is 1. The van der Waals surface area contributed by atoms with E-state index < -0.39 is 0 Å². The highest BCUT2D eigenvalue weighted by Gasteiger charge is 2.12. The van der Waals surface area contributed by atoms with Gasteiger partial charge < -0.3 is 10.2 Å². The number of hydrogen-bond donors (Lipinski definition) is 1. The Morgan fingerprint density at radius 2 is 2.33 bits per heavy atom. The first-order valence-electron chi connectivity index (χ1n) is 4.11. The van der Waals surface area contributed by atoms with E-state index in [-0.39, 0.29) is 0 Å². The third-order valence-electron chi connectivity index (χ3n) is 1.97. The SMILES string of the molecule is Cc1cc(Br)oc1C(C)CCN. The Hall–Kier alpha value is -0.280. The molecule has 0 saturated carbocycles. The van der Waals surface area contributed by atoms with Crippen LogP contribution in [0.25, 0.3) is 0 Å². The molecule has 68 valence electrons. The summed E-state index contributed by atoms with van der Waals surface area (Å²) in [6.07, 6.45) is 0.973. The fourth-order valence-electron chi connectivity index (χ4n) is 1.33. The van der Waals surface area contributed by atoms with E-state index in [9.17, 15) is 0 Å². The van der Waals surface area contributed by atoms with Crippen molar-refractivity contribution < 1.29 is 4.42 Å². The average molecular weight is 232 g/mol. The summed E-state index contributed by atoms with van der Waals surface area (Å²) in [5, 5.41) is 0. The van der Waals surface area contributed by atoms with Crippen molar-refractivity contribution in [3.8, 4) is 0 Å². The van der Waals surface area contributed by atoms with Crippen molar-refractivity contribution in [2.24, 2.45) is 5.73 Å². The van der Waals surface area contributed by atoms with Gasteiger partial charge in [0.05, 0.1) is 0 Å². The molecule has 0 amide bonds. The molecule has 1 aromatic rings. The number of rotatable bonds is 3. The summed E-state index contributed by atoms with van der Waals surface area (Å²) < 4.78 is 6.29. The molecule has 0 aliphatic carbocycles. The van der Waals surface area contributed by atoms with Crippen LogP contribution in [0.15, 0.2) is 15.2 Å². The van der Waals surface area contributed by atoms with E-state index in [1.165, 1.54) is 5.56 Å². The minimum absolute atomic E-state index is 0.418. The minimum Gasteiger partial charge on any atom is -0.454 e. The van der Waals surface area contributed by atoms with Crippen LogP contribution in [0.2, 0.25) is 0 Å². The summed E-state index contributed by atoms with van der Waals surface area (Å²) in [5.74, 6) is 1.47. The normalized spacial score (nSPS) is 13.3. The molecule has 3 heteroatoms. The topological polar surface area (TPSA) is 39.2 Å². The summed E-state index contributed by atoms with van der Waals surface area (Å²) >= 11 is 3.30. The van der Waals surface area contributed by atoms with E-state index in [0.29, 0.717) is 12.5 Å². The third-order valence-corrected chi connectivity index (χ3v) is 2.36. The van der Waals surface area contributed by atoms with Gasteiger partial charge in [-0.25, -0.2) is 0 Å².